The fraction of sp³-hybridized carbons (Fsp3) is 0.588. The zero-order chi connectivity index (χ0) is 15.1. The molecule has 0 aromatic rings. The zero-order valence-corrected chi connectivity index (χ0v) is 12.7. The van der Waals surface area contributed by atoms with Crippen molar-refractivity contribution in [3.05, 3.63) is 36.0 Å². The summed E-state index contributed by atoms with van der Waals surface area (Å²) in [4.78, 5) is 13.8. The lowest BCUT2D eigenvalue weighted by Gasteiger charge is -2.33. The van der Waals surface area contributed by atoms with Crippen molar-refractivity contribution in [1.29, 1.82) is 0 Å². The highest BCUT2D eigenvalue weighted by Gasteiger charge is 2.27. The third-order valence-corrected chi connectivity index (χ3v) is 4.17. The molecule has 1 heterocycles. The molecule has 0 aromatic carbocycles. The average molecular weight is 291 g/mol. The van der Waals surface area contributed by atoms with Crippen molar-refractivity contribution < 1.29 is 14.6 Å². The van der Waals surface area contributed by atoms with Gasteiger partial charge in [-0.15, -0.1) is 0 Å². The van der Waals surface area contributed by atoms with Gasteiger partial charge in [-0.2, -0.15) is 0 Å². The van der Waals surface area contributed by atoms with E-state index >= 15 is 0 Å². The maximum atomic E-state index is 12.0. The molecule has 0 saturated carbocycles. The second-order valence-corrected chi connectivity index (χ2v) is 5.66. The summed E-state index contributed by atoms with van der Waals surface area (Å²) < 4.78 is 5.37. The van der Waals surface area contributed by atoms with E-state index in [1.54, 1.807) is 4.90 Å². The largest absolute Gasteiger partial charge is 0.445 e. The minimum atomic E-state index is -0.248. The normalized spacial score (nSPS) is 20.9. The van der Waals surface area contributed by atoms with Crippen LogP contribution < -0.4 is 0 Å². The number of carbonyl (C=O) groups excluding carboxylic acids is 1. The molecule has 0 aromatic heterocycles. The first-order valence-electron chi connectivity index (χ1n) is 7.82. The molecular weight excluding hydrogens is 266 g/mol. The van der Waals surface area contributed by atoms with Gasteiger partial charge >= 0.3 is 6.09 Å². The van der Waals surface area contributed by atoms with E-state index in [2.05, 4.69) is 12.2 Å². The van der Waals surface area contributed by atoms with Crippen LogP contribution in [-0.2, 0) is 4.74 Å². The SMILES string of the molecule is CCC(O)C1CCN(C(=O)OCC2=CC=CCC=C2)CC1. The summed E-state index contributed by atoms with van der Waals surface area (Å²) in [6.07, 6.45) is 13.0. The van der Waals surface area contributed by atoms with Crippen LogP contribution >= 0.6 is 0 Å². The number of carbonyl (C=O) groups is 1. The molecule has 2 rings (SSSR count). The predicted molar refractivity (Wildman–Crippen MR) is 82.9 cm³/mol. The van der Waals surface area contributed by atoms with E-state index in [4.69, 9.17) is 4.74 Å². The fourth-order valence-electron chi connectivity index (χ4n) is 2.76. The van der Waals surface area contributed by atoms with Gasteiger partial charge in [-0.3, -0.25) is 0 Å². The maximum absolute atomic E-state index is 12.0. The Balaban J connectivity index is 1.75. The van der Waals surface area contributed by atoms with E-state index in [0.717, 1.165) is 31.3 Å². The van der Waals surface area contributed by atoms with Gasteiger partial charge in [0.1, 0.15) is 6.61 Å². The number of aliphatic hydroxyl groups excluding tert-OH is 1. The third-order valence-electron chi connectivity index (χ3n) is 4.17. The number of amides is 1. The van der Waals surface area contributed by atoms with E-state index < -0.39 is 0 Å². The number of rotatable bonds is 4. The van der Waals surface area contributed by atoms with Crippen LogP contribution in [0.2, 0.25) is 0 Å². The predicted octanol–water partition coefficient (Wildman–Crippen LogP) is 3.05. The molecular formula is C17H25NO3. The van der Waals surface area contributed by atoms with Gasteiger partial charge in [-0.25, -0.2) is 4.79 Å². The fourth-order valence-corrected chi connectivity index (χ4v) is 2.76. The highest BCUT2D eigenvalue weighted by atomic mass is 16.6. The van der Waals surface area contributed by atoms with Crippen molar-refractivity contribution in [3.63, 3.8) is 0 Å². The number of allylic oxidation sites excluding steroid dienone is 4. The summed E-state index contributed by atoms with van der Waals surface area (Å²) >= 11 is 0. The molecule has 1 aliphatic carbocycles. The molecule has 0 bridgehead atoms. The van der Waals surface area contributed by atoms with Gasteiger partial charge in [0.25, 0.3) is 0 Å². The molecule has 1 N–H and O–H groups in total. The third kappa shape index (κ3) is 4.74. The summed E-state index contributed by atoms with van der Waals surface area (Å²) in [7, 11) is 0. The molecule has 1 atom stereocenters. The molecule has 116 valence electrons. The van der Waals surface area contributed by atoms with Gasteiger partial charge < -0.3 is 14.7 Å². The van der Waals surface area contributed by atoms with E-state index in [9.17, 15) is 9.90 Å². The van der Waals surface area contributed by atoms with Crippen molar-refractivity contribution in [1.82, 2.24) is 4.90 Å². The number of hydrogen-bond donors (Lipinski definition) is 1. The van der Waals surface area contributed by atoms with Gasteiger partial charge in [-0.1, -0.05) is 37.3 Å². The molecule has 1 unspecified atom stereocenters. The van der Waals surface area contributed by atoms with Gasteiger partial charge in [-0.05, 0) is 37.2 Å². The second-order valence-electron chi connectivity index (χ2n) is 5.66. The Bertz CT molecular complexity index is 431. The van der Waals surface area contributed by atoms with Crippen molar-refractivity contribution >= 4 is 6.09 Å². The van der Waals surface area contributed by atoms with E-state index in [1.165, 1.54) is 0 Å². The number of likely N-dealkylation sites (tertiary alicyclic amines) is 1. The molecule has 1 saturated heterocycles. The Morgan fingerprint density at radius 2 is 2.19 bits per heavy atom. The van der Waals surface area contributed by atoms with E-state index in [1.807, 2.05) is 25.2 Å². The lowest BCUT2D eigenvalue weighted by atomic mass is 9.90. The first-order valence-corrected chi connectivity index (χ1v) is 7.82. The Morgan fingerprint density at radius 1 is 1.43 bits per heavy atom. The Hall–Kier alpha value is -1.55. The average Bonchev–Trinajstić information content (AvgIpc) is 2.80. The number of hydrogen-bond acceptors (Lipinski definition) is 3. The summed E-state index contributed by atoms with van der Waals surface area (Å²) in [5.74, 6) is 0.316. The molecule has 1 fully saturated rings. The minimum absolute atomic E-state index is 0.240. The van der Waals surface area contributed by atoms with E-state index in [-0.39, 0.29) is 12.2 Å². The summed E-state index contributed by atoms with van der Waals surface area (Å²) in [6.45, 7) is 3.66. The van der Waals surface area contributed by atoms with Crippen LogP contribution in [0.25, 0.3) is 0 Å². The van der Waals surface area contributed by atoms with Crippen LogP contribution in [0.15, 0.2) is 36.0 Å². The standard InChI is InChI=1S/C17H25NO3/c1-2-16(19)15-9-11-18(12-10-15)17(20)21-13-14-7-5-3-4-6-8-14/h3,5-8,15-16,19H,2,4,9-13H2,1H3. The van der Waals surface area contributed by atoms with Crippen molar-refractivity contribution in [2.75, 3.05) is 19.7 Å². The Kier molecular flexibility index (Phi) is 6.05. The monoisotopic (exact) mass is 291 g/mol. The number of aliphatic hydroxyl groups is 1. The molecule has 1 aliphatic heterocycles. The van der Waals surface area contributed by atoms with Gasteiger partial charge in [0.05, 0.1) is 6.10 Å². The first-order chi connectivity index (χ1) is 10.2. The van der Waals surface area contributed by atoms with E-state index in [0.29, 0.717) is 25.6 Å². The van der Waals surface area contributed by atoms with Gasteiger partial charge in [0.15, 0.2) is 0 Å². The van der Waals surface area contributed by atoms with Gasteiger partial charge in [0.2, 0.25) is 0 Å². The summed E-state index contributed by atoms with van der Waals surface area (Å²) in [6, 6.07) is 0. The van der Waals surface area contributed by atoms with Crippen LogP contribution in [0.5, 0.6) is 0 Å². The first kappa shape index (κ1) is 15.8. The van der Waals surface area contributed by atoms with Crippen LogP contribution in [-0.4, -0.2) is 41.9 Å². The Morgan fingerprint density at radius 3 is 2.90 bits per heavy atom. The molecule has 4 nitrogen and oxygen atoms in total. The van der Waals surface area contributed by atoms with Crippen molar-refractivity contribution in [2.24, 2.45) is 5.92 Å². The quantitative estimate of drug-likeness (QED) is 0.866. The van der Waals surface area contributed by atoms with Crippen LogP contribution in [0.1, 0.15) is 32.6 Å². The lowest BCUT2D eigenvalue weighted by Crippen LogP contribution is -2.41. The second kappa shape index (κ2) is 8.03. The summed E-state index contributed by atoms with van der Waals surface area (Å²) in [5, 5.41) is 9.85. The van der Waals surface area contributed by atoms with Crippen LogP contribution in [0, 0.1) is 5.92 Å². The van der Waals surface area contributed by atoms with Gasteiger partial charge in [0, 0.05) is 13.1 Å². The maximum Gasteiger partial charge on any atom is 0.410 e. The van der Waals surface area contributed by atoms with Crippen LogP contribution in [0.3, 0.4) is 0 Å². The number of nitrogens with zero attached hydrogens (tertiary/aromatic N) is 1. The zero-order valence-electron chi connectivity index (χ0n) is 12.7. The Labute approximate surface area is 126 Å². The molecule has 21 heavy (non-hydrogen) atoms. The molecule has 0 radical (unpaired) electrons. The number of ether oxygens (including phenoxy) is 1. The molecule has 0 spiro atoms. The highest BCUT2D eigenvalue weighted by Crippen LogP contribution is 2.22. The van der Waals surface area contributed by atoms with Crippen LogP contribution in [0.4, 0.5) is 4.79 Å². The van der Waals surface area contributed by atoms with Crippen molar-refractivity contribution in [2.45, 2.75) is 38.7 Å². The highest BCUT2D eigenvalue weighted by molar-refractivity contribution is 5.68. The topological polar surface area (TPSA) is 49.8 Å². The number of piperidine rings is 1. The van der Waals surface area contributed by atoms with Crippen molar-refractivity contribution in [3.8, 4) is 0 Å². The summed E-state index contributed by atoms with van der Waals surface area (Å²) in [5.41, 5.74) is 1.01. The molecule has 2 aliphatic rings. The smallest absolute Gasteiger partial charge is 0.410 e. The molecule has 4 heteroatoms. The molecule has 1 amide bonds. The lowest BCUT2D eigenvalue weighted by molar-refractivity contribution is 0.0483. The minimum Gasteiger partial charge on any atom is -0.445 e.